The van der Waals surface area contributed by atoms with Gasteiger partial charge in [0.25, 0.3) is 0 Å². The molecule has 1 heterocycles. The van der Waals surface area contributed by atoms with Crippen molar-refractivity contribution in [3.8, 4) is 11.4 Å². The highest BCUT2D eigenvalue weighted by atomic mass is 35.5. The monoisotopic (exact) mass is 405 g/mol. The third-order valence-electron chi connectivity index (χ3n) is 5.02. The number of tetrazole rings is 1. The zero-order valence-electron chi connectivity index (χ0n) is 16.3. The summed E-state index contributed by atoms with van der Waals surface area (Å²) in [5.74, 6) is 0.379. The quantitative estimate of drug-likeness (QED) is 0.641. The van der Waals surface area contributed by atoms with E-state index in [4.69, 9.17) is 16.3 Å². The second-order valence-electron chi connectivity index (χ2n) is 7.14. The van der Waals surface area contributed by atoms with Crippen LogP contribution in [0.5, 0.6) is 0 Å². The number of nitrogens with zero attached hydrogens (tertiary/aromatic N) is 4. The molecule has 1 aliphatic carbocycles. The zero-order chi connectivity index (χ0) is 19.8. The molecule has 2 aromatic rings. The number of aromatic nitrogens is 4. The highest BCUT2D eigenvalue weighted by Gasteiger charge is 2.21. The summed E-state index contributed by atoms with van der Waals surface area (Å²) < 4.78 is 5.90. The second kappa shape index (κ2) is 10.5. The number of amides is 1. The second-order valence-corrected chi connectivity index (χ2v) is 7.58. The molecule has 28 heavy (non-hydrogen) atoms. The highest BCUT2D eigenvalue weighted by molar-refractivity contribution is 6.30. The molecule has 0 saturated heterocycles. The van der Waals surface area contributed by atoms with E-state index in [1.807, 2.05) is 19.1 Å². The Hall–Kier alpha value is -1.99. The summed E-state index contributed by atoms with van der Waals surface area (Å²) in [4.78, 5) is 13.9. The molecular formula is C20H28ClN5O2. The van der Waals surface area contributed by atoms with Crippen LogP contribution in [0.2, 0.25) is 5.02 Å². The predicted molar refractivity (Wildman–Crippen MR) is 108 cm³/mol. The molecule has 1 amide bonds. The first-order chi connectivity index (χ1) is 13.7. The van der Waals surface area contributed by atoms with Crippen molar-refractivity contribution >= 4 is 17.5 Å². The molecule has 1 atom stereocenters. The molecule has 1 N–H and O–H groups in total. The van der Waals surface area contributed by atoms with Crippen LogP contribution in [0.4, 0.5) is 0 Å². The Morgan fingerprint density at radius 1 is 1.29 bits per heavy atom. The third kappa shape index (κ3) is 5.75. The number of carbonyl (C=O) groups is 1. The Morgan fingerprint density at radius 3 is 2.75 bits per heavy atom. The number of halogens is 1. The number of ether oxygens (including phenoxy) is 1. The molecule has 1 saturated carbocycles. The molecule has 1 unspecified atom stereocenters. The largest absolute Gasteiger partial charge is 0.378 e. The van der Waals surface area contributed by atoms with Crippen LogP contribution in [-0.4, -0.2) is 45.4 Å². The number of rotatable bonds is 9. The molecule has 0 radical (unpaired) electrons. The Kier molecular flexibility index (Phi) is 7.80. The van der Waals surface area contributed by atoms with E-state index in [0.717, 1.165) is 24.8 Å². The Bertz CT molecular complexity index is 743. The van der Waals surface area contributed by atoms with Crippen molar-refractivity contribution in [3.63, 3.8) is 0 Å². The Balaban J connectivity index is 1.46. The van der Waals surface area contributed by atoms with Crippen LogP contribution in [-0.2, 0) is 9.53 Å². The molecule has 0 aliphatic heterocycles. The van der Waals surface area contributed by atoms with Gasteiger partial charge in [-0.25, -0.2) is 0 Å². The van der Waals surface area contributed by atoms with Crippen molar-refractivity contribution in [1.29, 1.82) is 0 Å². The van der Waals surface area contributed by atoms with Crippen LogP contribution in [0.3, 0.4) is 0 Å². The van der Waals surface area contributed by atoms with Crippen molar-refractivity contribution in [2.45, 2.75) is 64.0 Å². The summed E-state index contributed by atoms with van der Waals surface area (Å²) in [6.07, 6.45) is 7.98. The molecule has 3 rings (SSSR count). The summed E-state index contributed by atoms with van der Waals surface area (Å²) in [6.45, 7) is 3.20. The smallest absolute Gasteiger partial charge is 0.246 e. The van der Waals surface area contributed by atoms with Crippen molar-refractivity contribution in [1.82, 2.24) is 25.5 Å². The van der Waals surface area contributed by atoms with E-state index in [1.54, 1.807) is 12.1 Å². The highest BCUT2D eigenvalue weighted by Crippen LogP contribution is 2.20. The van der Waals surface area contributed by atoms with Gasteiger partial charge in [0.15, 0.2) is 6.04 Å². The maximum atomic E-state index is 12.5. The van der Waals surface area contributed by atoms with E-state index in [9.17, 15) is 4.79 Å². The summed E-state index contributed by atoms with van der Waals surface area (Å²) in [6, 6.07) is 6.73. The molecule has 8 heteroatoms. The van der Waals surface area contributed by atoms with Gasteiger partial charge in [-0.1, -0.05) is 37.8 Å². The molecule has 1 fully saturated rings. The van der Waals surface area contributed by atoms with Crippen molar-refractivity contribution in [2.75, 3.05) is 13.2 Å². The van der Waals surface area contributed by atoms with Crippen molar-refractivity contribution < 1.29 is 9.53 Å². The SMILES string of the molecule is CCC(C(=O)NCCCOC1CCCCC1)n1nnc(-c2ccc(Cl)cc2)n1. The van der Waals surface area contributed by atoms with Crippen molar-refractivity contribution in [3.05, 3.63) is 29.3 Å². The average molecular weight is 406 g/mol. The molecule has 0 bridgehead atoms. The lowest BCUT2D eigenvalue weighted by atomic mass is 9.98. The third-order valence-corrected chi connectivity index (χ3v) is 5.28. The number of nitrogens with one attached hydrogen (secondary N) is 1. The lowest BCUT2D eigenvalue weighted by Crippen LogP contribution is -2.34. The van der Waals surface area contributed by atoms with Gasteiger partial charge in [-0.3, -0.25) is 4.79 Å². The first kappa shape index (κ1) is 20.7. The van der Waals surface area contributed by atoms with Crippen molar-refractivity contribution in [2.24, 2.45) is 0 Å². The molecule has 1 aliphatic rings. The Morgan fingerprint density at radius 2 is 2.04 bits per heavy atom. The summed E-state index contributed by atoms with van der Waals surface area (Å²) in [5, 5.41) is 16.1. The van der Waals surface area contributed by atoms with Gasteiger partial charge in [0.05, 0.1) is 6.10 Å². The fourth-order valence-corrected chi connectivity index (χ4v) is 3.53. The lowest BCUT2D eigenvalue weighted by Gasteiger charge is -2.22. The van der Waals surface area contributed by atoms with E-state index in [2.05, 4.69) is 20.7 Å². The first-order valence-corrected chi connectivity index (χ1v) is 10.5. The van der Waals surface area contributed by atoms with Gasteiger partial charge < -0.3 is 10.1 Å². The van der Waals surface area contributed by atoms with Crippen LogP contribution in [0, 0.1) is 0 Å². The normalized spacial score (nSPS) is 16.1. The molecule has 0 spiro atoms. The summed E-state index contributed by atoms with van der Waals surface area (Å²) >= 11 is 5.91. The maximum Gasteiger partial charge on any atom is 0.246 e. The molecule has 1 aromatic heterocycles. The number of carbonyl (C=O) groups excluding carboxylic acids is 1. The van der Waals surface area contributed by atoms with Gasteiger partial charge in [-0.05, 0) is 55.2 Å². The van der Waals surface area contributed by atoms with Gasteiger partial charge in [0.2, 0.25) is 11.7 Å². The van der Waals surface area contributed by atoms with Crippen LogP contribution in [0.25, 0.3) is 11.4 Å². The van der Waals surface area contributed by atoms with E-state index in [-0.39, 0.29) is 5.91 Å². The molecule has 152 valence electrons. The molecule has 7 nitrogen and oxygen atoms in total. The van der Waals surface area contributed by atoms with Crippen LogP contribution < -0.4 is 5.32 Å². The van der Waals surface area contributed by atoms with E-state index in [0.29, 0.717) is 36.5 Å². The maximum absolute atomic E-state index is 12.5. The molecule has 1 aromatic carbocycles. The standard InChI is InChI=1S/C20H28ClN5O2/c1-2-18(20(27)22-13-6-14-28-17-7-4-3-5-8-17)26-24-19(23-25-26)15-9-11-16(21)12-10-15/h9-12,17-18H,2-8,13-14H2,1H3,(H,22,27). The Labute approximate surface area is 170 Å². The van der Waals surface area contributed by atoms with E-state index < -0.39 is 6.04 Å². The van der Waals surface area contributed by atoms with Gasteiger partial charge in [-0.15, -0.1) is 10.2 Å². The lowest BCUT2D eigenvalue weighted by molar-refractivity contribution is -0.125. The predicted octanol–water partition coefficient (Wildman–Crippen LogP) is 3.80. The van der Waals surface area contributed by atoms with E-state index in [1.165, 1.54) is 24.1 Å². The fourth-order valence-electron chi connectivity index (χ4n) is 3.41. The van der Waals surface area contributed by atoms with Gasteiger partial charge in [0, 0.05) is 23.7 Å². The number of hydrogen-bond donors (Lipinski definition) is 1. The minimum absolute atomic E-state index is 0.0970. The van der Waals surface area contributed by atoms with Gasteiger partial charge in [0.1, 0.15) is 0 Å². The fraction of sp³-hybridized carbons (Fsp3) is 0.600. The number of benzene rings is 1. The van der Waals surface area contributed by atoms with Gasteiger partial charge >= 0.3 is 0 Å². The average Bonchev–Trinajstić information content (AvgIpc) is 3.19. The summed E-state index contributed by atoms with van der Waals surface area (Å²) in [7, 11) is 0. The topological polar surface area (TPSA) is 81.9 Å². The van der Waals surface area contributed by atoms with E-state index >= 15 is 0 Å². The van der Waals surface area contributed by atoms with Crippen LogP contribution >= 0.6 is 11.6 Å². The number of hydrogen-bond acceptors (Lipinski definition) is 5. The summed E-state index contributed by atoms with van der Waals surface area (Å²) in [5.41, 5.74) is 0.811. The molecular weight excluding hydrogens is 378 g/mol. The zero-order valence-corrected chi connectivity index (χ0v) is 17.1. The minimum atomic E-state index is -0.479. The van der Waals surface area contributed by atoms with Crippen LogP contribution in [0.1, 0.15) is 57.9 Å². The van der Waals surface area contributed by atoms with Gasteiger partial charge in [-0.2, -0.15) is 4.80 Å². The van der Waals surface area contributed by atoms with Crippen LogP contribution in [0.15, 0.2) is 24.3 Å². The minimum Gasteiger partial charge on any atom is -0.378 e. The first-order valence-electron chi connectivity index (χ1n) is 10.1.